The fraction of sp³-hybridized carbons (Fsp3) is 0.438. The van der Waals surface area contributed by atoms with Crippen LogP contribution in [0.4, 0.5) is 0 Å². The van der Waals surface area contributed by atoms with E-state index in [9.17, 15) is 4.79 Å². The van der Waals surface area contributed by atoms with Crippen molar-refractivity contribution in [3.8, 4) is 0 Å². The Balaban J connectivity index is 1.69. The summed E-state index contributed by atoms with van der Waals surface area (Å²) in [6, 6.07) is 7.42. The Kier molecular flexibility index (Phi) is 4.10. The summed E-state index contributed by atoms with van der Waals surface area (Å²) in [5.74, 6) is 1.96. The van der Waals surface area contributed by atoms with E-state index in [1.165, 1.54) is 19.1 Å². The molecule has 0 aromatic carbocycles. The maximum absolute atomic E-state index is 12.0. The molecule has 0 spiro atoms. The summed E-state index contributed by atoms with van der Waals surface area (Å²) in [6.07, 6.45) is 3.90. The number of hydrogen-bond acceptors (Lipinski definition) is 4. The summed E-state index contributed by atoms with van der Waals surface area (Å²) in [5, 5.41) is 2.94. The Hall–Kier alpha value is -2.01. The van der Waals surface area contributed by atoms with Gasteiger partial charge < -0.3 is 14.2 Å². The van der Waals surface area contributed by atoms with Gasteiger partial charge >= 0.3 is 0 Å². The predicted octanol–water partition coefficient (Wildman–Crippen LogP) is 2.75. The first kappa shape index (κ1) is 13.9. The van der Waals surface area contributed by atoms with Gasteiger partial charge in [-0.05, 0) is 57.1 Å². The summed E-state index contributed by atoms with van der Waals surface area (Å²) in [4.78, 5) is 14.4. The molecule has 1 fully saturated rings. The molecule has 2 aromatic heterocycles. The Bertz CT molecular complexity index is 582. The molecular formula is C16H20N2O3. The van der Waals surface area contributed by atoms with Crippen LogP contribution >= 0.6 is 0 Å². The number of likely N-dealkylation sites (tertiary alicyclic amines) is 1. The van der Waals surface area contributed by atoms with E-state index in [1.54, 1.807) is 12.1 Å². The van der Waals surface area contributed by atoms with Gasteiger partial charge in [0.15, 0.2) is 5.76 Å². The van der Waals surface area contributed by atoms with E-state index in [0.717, 1.165) is 24.6 Å². The summed E-state index contributed by atoms with van der Waals surface area (Å²) in [7, 11) is 0. The van der Waals surface area contributed by atoms with Gasteiger partial charge in [-0.25, -0.2) is 0 Å². The number of furan rings is 2. The van der Waals surface area contributed by atoms with Crippen molar-refractivity contribution >= 4 is 5.91 Å². The molecule has 0 unspecified atom stereocenters. The maximum Gasteiger partial charge on any atom is 0.287 e. The average Bonchev–Trinajstić information content (AvgIpc) is 3.21. The number of rotatable bonds is 5. The molecule has 0 saturated carbocycles. The second-order valence-electron chi connectivity index (χ2n) is 5.39. The molecule has 2 aromatic rings. The number of hydrogen-bond donors (Lipinski definition) is 1. The van der Waals surface area contributed by atoms with E-state index in [-0.39, 0.29) is 11.9 Å². The first-order valence-corrected chi connectivity index (χ1v) is 7.36. The van der Waals surface area contributed by atoms with Gasteiger partial charge in [-0.15, -0.1) is 0 Å². The lowest BCUT2D eigenvalue weighted by Crippen LogP contribution is -2.36. The van der Waals surface area contributed by atoms with Crippen LogP contribution in [0.3, 0.4) is 0 Å². The molecule has 1 aliphatic rings. The fourth-order valence-electron chi connectivity index (χ4n) is 2.78. The van der Waals surface area contributed by atoms with Crippen LogP contribution in [0, 0.1) is 6.92 Å². The Morgan fingerprint density at radius 1 is 1.33 bits per heavy atom. The molecule has 1 N–H and O–H groups in total. The molecule has 21 heavy (non-hydrogen) atoms. The molecule has 3 heterocycles. The number of nitrogens with one attached hydrogen (secondary N) is 1. The smallest absolute Gasteiger partial charge is 0.287 e. The SMILES string of the molecule is Cc1ccc([C@@H](CNC(=O)c2ccco2)N2CCCC2)o1. The molecule has 1 amide bonds. The third-order valence-corrected chi connectivity index (χ3v) is 3.87. The van der Waals surface area contributed by atoms with Crippen molar-refractivity contribution in [3.05, 3.63) is 47.8 Å². The lowest BCUT2D eigenvalue weighted by molar-refractivity contribution is 0.0906. The second-order valence-corrected chi connectivity index (χ2v) is 5.39. The first-order valence-electron chi connectivity index (χ1n) is 7.36. The number of carbonyl (C=O) groups is 1. The Labute approximate surface area is 123 Å². The van der Waals surface area contributed by atoms with Crippen molar-refractivity contribution in [2.45, 2.75) is 25.8 Å². The summed E-state index contributed by atoms with van der Waals surface area (Å²) in [6.45, 7) is 4.54. The van der Waals surface area contributed by atoms with E-state index < -0.39 is 0 Å². The predicted molar refractivity (Wildman–Crippen MR) is 78.0 cm³/mol. The fourth-order valence-corrected chi connectivity index (χ4v) is 2.78. The number of aryl methyl sites for hydroxylation is 1. The highest BCUT2D eigenvalue weighted by Crippen LogP contribution is 2.26. The monoisotopic (exact) mass is 288 g/mol. The van der Waals surface area contributed by atoms with Crippen molar-refractivity contribution in [1.82, 2.24) is 10.2 Å². The van der Waals surface area contributed by atoms with E-state index in [1.807, 2.05) is 19.1 Å². The highest BCUT2D eigenvalue weighted by molar-refractivity contribution is 5.91. The highest BCUT2D eigenvalue weighted by Gasteiger charge is 2.26. The first-order chi connectivity index (χ1) is 10.2. The van der Waals surface area contributed by atoms with Crippen molar-refractivity contribution in [1.29, 1.82) is 0 Å². The van der Waals surface area contributed by atoms with Gasteiger partial charge in [0.1, 0.15) is 11.5 Å². The normalized spacial score (nSPS) is 17.0. The van der Waals surface area contributed by atoms with E-state index in [4.69, 9.17) is 8.83 Å². The summed E-state index contributed by atoms with van der Waals surface area (Å²) < 4.78 is 10.9. The minimum atomic E-state index is -0.188. The summed E-state index contributed by atoms with van der Waals surface area (Å²) in [5.41, 5.74) is 0. The van der Waals surface area contributed by atoms with Gasteiger partial charge in [0.25, 0.3) is 5.91 Å². The topological polar surface area (TPSA) is 58.6 Å². The van der Waals surface area contributed by atoms with Crippen molar-refractivity contribution in [3.63, 3.8) is 0 Å². The Morgan fingerprint density at radius 3 is 2.76 bits per heavy atom. The van der Waals surface area contributed by atoms with Gasteiger partial charge in [0.05, 0.1) is 12.3 Å². The second kappa shape index (κ2) is 6.18. The molecule has 1 saturated heterocycles. The molecule has 5 nitrogen and oxygen atoms in total. The van der Waals surface area contributed by atoms with Crippen LogP contribution in [0.25, 0.3) is 0 Å². The number of nitrogens with zero attached hydrogens (tertiary/aromatic N) is 1. The van der Waals surface area contributed by atoms with E-state index in [0.29, 0.717) is 12.3 Å². The molecule has 0 radical (unpaired) electrons. The van der Waals surface area contributed by atoms with Crippen LogP contribution in [-0.4, -0.2) is 30.4 Å². The lowest BCUT2D eigenvalue weighted by atomic mass is 10.2. The van der Waals surface area contributed by atoms with Crippen LogP contribution in [0.2, 0.25) is 0 Å². The van der Waals surface area contributed by atoms with Gasteiger partial charge in [0, 0.05) is 6.54 Å². The zero-order chi connectivity index (χ0) is 14.7. The van der Waals surface area contributed by atoms with Gasteiger partial charge in [-0.2, -0.15) is 0 Å². The minimum absolute atomic E-state index is 0.0834. The zero-order valence-electron chi connectivity index (χ0n) is 12.2. The van der Waals surface area contributed by atoms with Crippen LogP contribution in [0.15, 0.2) is 39.4 Å². The number of amides is 1. The quantitative estimate of drug-likeness (QED) is 0.919. The number of carbonyl (C=O) groups excluding carboxylic acids is 1. The van der Waals surface area contributed by atoms with Crippen LogP contribution in [0.1, 0.15) is 41.0 Å². The largest absolute Gasteiger partial charge is 0.465 e. The summed E-state index contributed by atoms with van der Waals surface area (Å²) >= 11 is 0. The molecule has 3 rings (SSSR count). The van der Waals surface area contributed by atoms with Crippen molar-refractivity contribution in [2.75, 3.05) is 19.6 Å². The van der Waals surface area contributed by atoms with Crippen LogP contribution in [-0.2, 0) is 0 Å². The van der Waals surface area contributed by atoms with E-state index in [2.05, 4.69) is 10.2 Å². The maximum atomic E-state index is 12.0. The lowest BCUT2D eigenvalue weighted by Gasteiger charge is -2.25. The minimum Gasteiger partial charge on any atom is -0.465 e. The molecule has 5 heteroatoms. The van der Waals surface area contributed by atoms with Crippen molar-refractivity contribution in [2.24, 2.45) is 0 Å². The van der Waals surface area contributed by atoms with Crippen LogP contribution < -0.4 is 5.32 Å². The Morgan fingerprint density at radius 2 is 2.14 bits per heavy atom. The third kappa shape index (κ3) is 3.19. The molecule has 0 aliphatic carbocycles. The highest BCUT2D eigenvalue weighted by atomic mass is 16.3. The molecule has 1 aliphatic heterocycles. The van der Waals surface area contributed by atoms with E-state index >= 15 is 0 Å². The van der Waals surface area contributed by atoms with Gasteiger partial charge in [-0.1, -0.05) is 0 Å². The van der Waals surface area contributed by atoms with Crippen molar-refractivity contribution < 1.29 is 13.6 Å². The third-order valence-electron chi connectivity index (χ3n) is 3.87. The molecule has 112 valence electrons. The van der Waals surface area contributed by atoms with Gasteiger partial charge in [-0.3, -0.25) is 9.69 Å². The molecule has 0 bridgehead atoms. The molecular weight excluding hydrogens is 268 g/mol. The standard InChI is InChI=1S/C16H20N2O3/c1-12-6-7-14(21-12)13(18-8-2-3-9-18)11-17-16(19)15-5-4-10-20-15/h4-7,10,13H,2-3,8-9,11H2,1H3,(H,17,19)/t13-/m1/s1. The average molecular weight is 288 g/mol. The van der Waals surface area contributed by atoms with Gasteiger partial charge in [0.2, 0.25) is 0 Å². The zero-order valence-corrected chi connectivity index (χ0v) is 12.2. The molecule has 1 atom stereocenters. The van der Waals surface area contributed by atoms with Crippen LogP contribution in [0.5, 0.6) is 0 Å².